The number of hydrogen-bond acceptors (Lipinski definition) is 4. The van der Waals surface area contributed by atoms with Gasteiger partial charge in [0.15, 0.2) is 5.82 Å². The molecule has 21 heavy (non-hydrogen) atoms. The predicted octanol–water partition coefficient (Wildman–Crippen LogP) is 3.10. The van der Waals surface area contributed by atoms with E-state index >= 15 is 0 Å². The summed E-state index contributed by atoms with van der Waals surface area (Å²) in [6, 6.07) is 5.78. The Kier molecular flexibility index (Phi) is 4.16. The number of carboxylic acid groups (broad SMARTS) is 1. The molecule has 0 amide bonds. The molecule has 5 nitrogen and oxygen atoms in total. The fourth-order valence-electron chi connectivity index (χ4n) is 2.01. The monoisotopic (exact) mass is 289 g/mol. The van der Waals surface area contributed by atoms with Gasteiger partial charge >= 0.3 is 5.97 Å². The molecule has 1 atom stereocenters. The zero-order valence-corrected chi connectivity index (χ0v) is 12.0. The van der Waals surface area contributed by atoms with Crippen LogP contribution in [0.2, 0.25) is 0 Å². The largest absolute Gasteiger partial charge is 0.478 e. The summed E-state index contributed by atoms with van der Waals surface area (Å²) in [6.07, 6.45) is 0. The lowest BCUT2D eigenvalue weighted by molar-refractivity contribution is 0.0696. The number of aromatic nitrogens is 2. The average molecular weight is 289 g/mol. The minimum atomic E-state index is -1.06. The van der Waals surface area contributed by atoms with E-state index in [1.165, 1.54) is 12.1 Å². The van der Waals surface area contributed by atoms with Crippen molar-refractivity contribution < 1.29 is 14.3 Å². The molecule has 0 aliphatic heterocycles. The maximum Gasteiger partial charge on any atom is 0.339 e. The SMILES string of the molecule is Cc1nnc(NC(C)c2ccc(F)cc2)c(C(=O)O)c1C. The number of carboxylic acids is 1. The minimum absolute atomic E-state index is 0.108. The van der Waals surface area contributed by atoms with Gasteiger partial charge < -0.3 is 10.4 Å². The first-order valence-corrected chi connectivity index (χ1v) is 6.49. The van der Waals surface area contributed by atoms with Crippen LogP contribution in [0.25, 0.3) is 0 Å². The maximum atomic E-state index is 12.9. The Bertz CT molecular complexity index is 671. The Morgan fingerprint density at radius 1 is 1.24 bits per heavy atom. The molecule has 0 bridgehead atoms. The molecule has 0 aliphatic carbocycles. The molecule has 1 aromatic carbocycles. The second kappa shape index (κ2) is 5.87. The molecule has 0 fully saturated rings. The van der Waals surface area contributed by atoms with Gasteiger partial charge in [0.05, 0.1) is 11.7 Å². The normalized spacial score (nSPS) is 12.0. The molecule has 2 aromatic rings. The number of halogens is 1. The van der Waals surface area contributed by atoms with Crippen LogP contribution in [0.15, 0.2) is 24.3 Å². The molecule has 0 aliphatic rings. The van der Waals surface area contributed by atoms with Crippen LogP contribution >= 0.6 is 0 Å². The van der Waals surface area contributed by atoms with Crippen molar-refractivity contribution >= 4 is 11.8 Å². The second-order valence-corrected chi connectivity index (χ2v) is 4.86. The Morgan fingerprint density at radius 2 is 1.86 bits per heavy atom. The third-order valence-corrected chi connectivity index (χ3v) is 3.39. The number of nitrogens with zero attached hydrogens (tertiary/aromatic N) is 2. The van der Waals surface area contributed by atoms with Gasteiger partial charge in [-0.3, -0.25) is 0 Å². The van der Waals surface area contributed by atoms with Gasteiger partial charge in [-0.25, -0.2) is 9.18 Å². The van der Waals surface area contributed by atoms with E-state index < -0.39 is 5.97 Å². The highest BCUT2D eigenvalue weighted by Gasteiger charge is 2.19. The van der Waals surface area contributed by atoms with E-state index in [4.69, 9.17) is 0 Å². The summed E-state index contributed by atoms with van der Waals surface area (Å²) >= 11 is 0. The lowest BCUT2D eigenvalue weighted by Gasteiger charge is -2.17. The van der Waals surface area contributed by atoms with Crippen molar-refractivity contribution in [3.63, 3.8) is 0 Å². The first-order chi connectivity index (χ1) is 9.90. The molecule has 1 aromatic heterocycles. The van der Waals surface area contributed by atoms with E-state index in [2.05, 4.69) is 15.5 Å². The summed E-state index contributed by atoms with van der Waals surface area (Å²) in [7, 11) is 0. The highest BCUT2D eigenvalue weighted by Crippen LogP contribution is 2.23. The van der Waals surface area contributed by atoms with Crippen LogP contribution in [0.1, 0.15) is 40.1 Å². The lowest BCUT2D eigenvalue weighted by atomic mass is 10.1. The molecule has 0 saturated heterocycles. The van der Waals surface area contributed by atoms with Gasteiger partial charge in [-0.1, -0.05) is 12.1 Å². The fraction of sp³-hybridized carbons (Fsp3) is 0.267. The van der Waals surface area contributed by atoms with Crippen LogP contribution in [0.5, 0.6) is 0 Å². The lowest BCUT2D eigenvalue weighted by Crippen LogP contribution is -2.15. The fourth-order valence-corrected chi connectivity index (χ4v) is 2.01. The zero-order chi connectivity index (χ0) is 15.6. The van der Waals surface area contributed by atoms with E-state index in [9.17, 15) is 14.3 Å². The van der Waals surface area contributed by atoms with Gasteiger partial charge in [0.25, 0.3) is 0 Å². The smallest absolute Gasteiger partial charge is 0.339 e. The summed E-state index contributed by atoms with van der Waals surface area (Å²) in [6.45, 7) is 5.25. The third kappa shape index (κ3) is 3.16. The molecule has 1 heterocycles. The number of anilines is 1. The molecule has 0 saturated carbocycles. The number of benzene rings is 1. The van der Waals surface area contributed by atoms with E-state index in [-0.39, 0.29) is 23.2 Å². The summed E-state index contributed by atoms with van der Waals surface area (Å²) in [5, 5.41) is 20.2. The summed E-state index contributed by atoms with van der Waals surface area (Å²) in [5.41, 5.74) is 2.09. The minimum Gasteiger partial charge on any atom is -0.478 e. The molecule has 1 unspecified atom stereocenters. The first kappa shape index (κ1) is 14.9. The zero-order valence-electron chi connectivity index (χ0n) is 12.0. The number of carbonyl (C=O) groups is 1. The summed E-state index contributed by atoms with van der Waals surface area (Å²) in [5.74, 6) is -1.16. The number of aromatic carboxylic acids is 1. The Balaban J connectivity index is 2.33. The molecule has 110 valence electrons. The van der Waals surface area contributed by atoms with Crippen LogP contribution in [-0.4, -0.2) is 21.3 Å². The van der Waals surface area contributed by atoms with Crippen molar-refractivity contribution in [2.45, 2.75) is 26.8 Å². The van der Waals surface area contributed by atoms with Gasteiger partial charge in [-0.05, 0) is 44.0 Å². The molecule has 0 radical (unpaired) electrons. The van der Waals surface area contributed by atoms with Gasteiger partial charge in [0, 0.05) is 0 Å². The number of hydrogen-bond donors (Lipinski definition) is 2. The van der Waals surface area contributed by atoms with Crippen LogP contribution in [0, 0.1) is 19.7 Å². The van der Waals surface area contributed by atoms with Crippen molar-refractivity contribution in [3.05, 3.63) is 52.5 Å². The van der Waals surface area contributed by atoms with Crippen molar-refractivity contribution in [2.24, 2.45) is 0 Å². The summed E-state index contributed by atoms with van der Waals surface area (Å²) in [4.78, 5) is 11.4. The van der Waals surface area contributed by atoms with Gasteiger partial charge in [0.1, 0.15) is 11.4 Å². The molecule has 0 spiro atoms. The van der Waals surface area contributed by atoms with Crippen molar-refractivity contribution in [2.75, 3.05) is 5.32 Å². The van der Waals surface area contributed by atoms with Gasteiger partial charge in [-0.15, -0.1) is 5.10 Å². The first-order valence-electron chi connectivity index (χ1n) is 6.49. The highest BCUT2D eigenvalue weighted by atomic mass is 19.1. The van der Waals surface area contributed by atoms with Crippen molar-refractivity contribution in [3.8, 4) is 0 Å². The van der Waals surface area contributed by atoms with Crippen molar-refractivity contribution in [1.29, 1.82) is 0 Å². The molecule has 2 rings (SSSR count). The van der Waals surface area contributed by atoms with Crippen LogP contribution in [0.3, 0.4) is 0 Å². The summed E-state index contributed by atoms with van der Waals surface area (Å²) < 4.78 is 12.9. The van der Waals surface area contributed by atoms with Gasteiger partial charge in [-0.2, -0.15) is 5.10 Å². The third-order valence-electron chi connectivity index (χ3n) is 3.39. The van der Waals surface area contributed by atoms with E-state index in [0.29, 0.717) is 11.3 Å². The van der Waals surface area contributed by atoms with Crippen molar-refractivity contribution in [1.82, 2.24) is 10.2 Å². The number of nitrogens with one attached hydrogen (secondary N) is 1. The quantitative estimate of drug-likeness (QED) is 0.904. The molecular weight excluding hydrogens is 273 g/mol. The van der Waals surface area contributed by atoms with E-state index in [0.717, 1.165) is 5.56 Å². The standard InChI is InChI=1S/C15H16FN3O2/c1-8-9(2)18-19-14(13(8)15(20)21)17-10(3)11-4-6-12(16)7-5-11/h4-7,10H,1-3H3,(H,17,19)(H,20,21). The average Bonchev–Trinajstić information content (AvgIpc) is 2.43. The highest BCUT2D eigenvalue weighted by molar-refractivity contribution is 5.94. The molecule has 2 N–H and O–H groups in total. The Morgan fingerprint density at radius 3 is 2.43 bits per heavy atom. The second-order valence-electron chi connectivity index (χ2n) is 4.86. The van der Waals surface area contributed by atoms with Crippen LogP contribution < -0.4 is 5.32 Å². The van der Waals surface area contributed by atoms with Crippen LogP contribution in [-0.2, 0) is 0 Å². The predicted molar refractivity (Wildman–Crippen MR) is 76.9 cm³/mol. The number of aryl methyl sites for hydroxylation is 1. The Labute approximate surface area is 121 Å². The molecule has 6 heteroatoms. The topological polar surface area (TPSA) is 75.1 Å². The molecular formula is C15H16FN3O2. The van der Waals surface area contributed by atoms with E-state index in [1.807, 2.05) is 6.92 Å². The Hall–Kier alpha value is -2.50. The number of rotatable bonds is 4. The van der Waals surface area contributed by atoms with Crippen LogP contribution in [0.4, 0.5) is 10.2 Å². The van der Waals surface area contributed by atoms with E-state index in [1.54, 1.807) is 26.0 Å². The van der Waals surface area contributed by atoms with Gasteiger partial charge in [0.2, 0.25) is 0 Å². The maximum absolute atomic E-state index is 12.9.